The minimum Gasteiger partial charge on any atom is -0.503 e. The number of aliphatic hydroxyl groups is 1. The van der Waals surface area contributed by atoms with Crippen LogP contribution >= 0.6 is 0 Å². The Morgan fingerprint density at radius 3 is 2.70 bits per heavy atom. The molecule has 2 atom stereocenters. The lowest BCUT2D eigenvalue weighted by molar-refractivity contribution is 0.0672. The van der Waals surface area contributed by atoms with Gasteiger partial charge in [0, 0.05) is 50.5 Å². The van der Waals surface area contributed by atoms with E-state index in [0.29, 0.717) is 12.5 Å². The van der Waals surface area contributed by atoms with E-state index in [9.17, 15) is 33.4 Å². The maximum Gasteiger partial charge on any atom is 0.274 e. The number of nitrogens with zero attached hydrogens (tertiary/aromatic N) is 2. The molecule has 0 bridgehead atoms. The van der Waals surface area contributed by atoms with E-state index in [2.05, 4.69) is 5.32 Å². The highest BCUT2D eigenvalue weighted by Gasteiger charge is 2.59. The third-order valence-electron chi connectivity index (χ3n) is 5.84. The molecule has 158 valence electrons. The lowest BCUT2D eigenvalue weighted by atomic mass is 10.0. The average molecular weight is 419 g/mol. The van der Waals surface area contributed by atoms with Gasteiger partial charge in [0.25, 0.3) is 11.8 Å². The van der Waals surface area contributed by atoms with Gasteiger partial charge in [-0.15, -0.1) is 0 Å². The van der Waals surface area contributed by atoms with Gasteiger partial charge in [0.05, 0.1) is 5.54 Å². The van der Waals surface area contributed by atoms with E-state index in [1.54, 1.807) is 0 Å². The molecule has 1 aliphatic heterocycles. The van der Waals surface area contributed by atoms with Crippen molar-refractivity contribution in [2.45, 2.75) is 18.5 Å². The van der Waals surface area contributed by atoms with Crippen LogP contribution in [0.5, 0.6) is 5.75 Å². The smallest absolute Gasteiger partial charge is 0.274 e. The van der Waals surface area contributed by atoms with Crippen LogP contribution < -0.4 is 10.7 Å². The second-order valence-corrected chi connectivity index (χ2v) is 7.71. The van der Waals surface area contributed by atoms with Gasteiger partial charge in [-0.25, -0.2) is 8.78 Å². The molecular formula is C20H19F2N3O5. The van der Waals surface area contributed by atoms with Crippen molar-refractivity contribution in [3.05, 3.63) is 63.1 Å². The van der Waals surface area contributed by atoms with E-state index >= 15 is 0 Å². The number of likely N-dealkylation sites (N-methyl/N-ethyl adjacent to an activating group) is 1. The van der Waals surface area contributed by atoms with Crippen molar-refractivity contribution in [3.63, 3.8) is 0 Å². The fourth-order valence-corrected chi connectivity index (χ4v) is 4.08. The lowest BCUT2D eigenvalue weighted by Crippen LogP contribution is -2.48. The molecule has 1 aromatic carbocycles. The maximum absolute atomic E-state index is 13.8. The Balaban J connectivity index is 1.70. The first-order chi connectivity index (χ1) is 14.2. The molecule has 1 spiro atoms. The SMILES string of the molecule is CN1C[C@@]2(C[C@@H]2CO)n2cc(C(=O)NCc3ccc(F)cc3F)c(=O)c(O)c2C1=O. The third kappa shape index (κ3) is 2.95. The van der Waals surface area contributed by atoms with Crippen molar-refractivity contribution in [1.82, 2.24) is 14.8 Å². The van der Waals surface area contributed by atoms with Crippen LogP contribution in [-0.2, 0) is 12.1 Å². The zero-order valence-corrected chi connectivity index (χ0v) is 16.0. The zero-order chi connectivity index (χ0) is 21.8. The number of hydrogen-bond donors (Lipinski definition) is 3. The maximum atomic E-state index is 13.8. The summed E-state index contributed by atoms with van der Waals surface area (Å²) in [6, 6.07) is 2.88. The number of fused-ring (bicyclic) bond motifs is 2. The van der Waals surface area contributed by atoms with Gasteiger partial charge in [0.2, 0.25) is 5.43 Å². The molecule has 0 saturated heterocycles. The van der Waals surface area contributed by atoms with Crippen molar-refractivity contribution >= 4 is 11.8 Å². The number of aromatic nitrogens is 1. The zero-order valence-electron chi connectivity index (χ0n) is 16.0. The normalized spacial score (nSPS) is 22.2. The second-order valence-electron chi connectivity index (χ2n) is 7.71. The first-order valence-electron chi connectivity index (χ1n) is 9.27. The summed E-state index contributed by atoms with van der Waals surface area (Å²) in [4.78, 5) is 39.1. The summed E-state index contributed by atoms with van der Waals surface area (Å²) in [5, 5.41) is 22.4. The summed E-state index contributed by atoms with van der Waals surface area (Å²) in [6.45, 7) is -0.201. The molecule has 30 heavy (non-hydrogen) atoms. The topological polar surface area (TPSA) is 112 Å². The molecule has 4 rings (SSSR count). The van der Waals surface area contributed by atoms with Crippen molar-refractivity contribution in [1.29, 1.82) is 0 Å². The first kappa shape index (κ1) is 20.0. The number of halogens is 2. The van der Waals surface area contributed by atoms with Crippen molar-refractivity contribution in [3.8, 4) is 5.75 Å². The monoisotopic (exact) mass is 419 g/mol. The number of rotatable bonds is 4. The largest absolute Gasteiger partial charge is 0.503 e. The van der Waals surface area contributed by atoms with Gasteiger partial charge >= 0.3 is 0 Å². The molecule has 2 heterocycles. The van der Waals surface area contributed by atoms with E-state index in [-0.39, 0.29) is 36.9 Å². The highest BCUT2D eigenvalue weighted by Crippen LogP contribution is 2.53. The average Bonchev–Trinajstić information content (AvgIpc) is 3.40. The number of benzene rings is 1. The van der Waals surface area contributed by atoms with Gasteiger partial charge in [0.15, 0.2) is 11.4 Å². The van der Waals surface area contributed by atoms with Crippen molar-refractivity contribution in [2.75, 3.05) is 20.2 Å². The molecule has 2 aliphatic rings. The molecule has 1 saturated carbocycles. The van der Waals surface area contributed by atoms with Crippen LogP contribution in [0, 0.1) is 17.6 Å². The lowest BCUT2D eigenvalue weighted by Gasteiger charge is -2.35. The summed E-state index contributed by atoms with van der Waals surface area (Å²) in [5.41, 5.74) is -2.37. The van der Waals surface area contributed by atoms with Crippen LogP contribution in [0.15, 0.2) is 29.2 Å². The molecule has 1 fully saturated rings. The predicted molar refractivity (Wildman–Crippen MR) is 100 cm³/mol. The van der Waals surface area contributed by atoms with Crippen LogP contribution in [0.25, 0.3) is 0 Å². The molecule has 8 nitrogen and oxygen atoms in total. The molecule has 2 aromatic rings. The van der Waals surface area contributed by atoms with Crippen LogP contribution in [0.4, 0.5) is 8.78 Å². The standard InChI is InChI=1S/C20H19F2N3O5/c1-24-9-20(5-11(20)8-26)25-7-13(16(27)17(28)15(25)19(24)30)18(29)23-6-10-2-3-12(21)4-14(10)22/h2-4,7,11,26,28H,5-6,8-9H2,1H3,(H,23,29)/t11-,20-/m1/s1. The number of aliphatic hydroxyl groups excluding tert-OH is 1. The number of carbonyl (C=O) groups is 2. The summed E-state index contributed by atoms with van der Waals surface area (Å²) in [7, 11) is 1.53. The van der Waals surface area contributed by atoms with E-state index in [4.69, 9.17) is 0 Å². The van der Waals surface area contributed by atoms with Gasteiger partial charge in [-0.05, 0) is 12.5 Å². The second kappa shape index (κ2) is 6.91. The molecule has 1 aromatic heterocycles. The molecule has 0 unspecified atom stereocenters. The summed E-state index contributed by atoms with van der Waals surface area (Å²) >= 11 is 0. The number of amides is 2. The Kier molecular flexibility index (Phi) is 4.61. The van der Waals surface area contributed by atoms with E-state index < -0.39 is 45.7 Å². The Hall–Kier alpha value is -3.27. The molecular weight excluding hydrogens is 400 g/mol. The van der Waals surface area contributed by atoms with Crippen molar-refractivity contribution in [2.24, 2.45) is 5.92 Å². The number of carbonyl (C=O) groups excluding carboxylic acids is 2. The minimum atomic E-state index is -1.03. The number of nitrogens with one attached hydrogen (secondary N) is 1. The Morgan fingerprint density at radius 1 is 1.33 bits per heavy atom. The van der Waals surface area contributed by atoms with E-state index in [1.807, 2.05) is 0 Å². The van der Waals surface area contributed by atoms with Crippen LogP contribution in [0.2, 0.25) is 0 Å². The number of hydrogen-bond acceptors (Lipinski definition) is 5. The van der Waals surface area contributed by atoms with Crippen LogP contribution in [0.3, 0.4) is 0 Å². The Morgan fingerprint density at radius 2 is 2.07 bits per heavy atom. The Bertz CT molecular complexity index is 1130. The van der Waals surface area contributed by atoms with E-state index in [1.165, 1.54) is 28.8 Å². The number of aromatic hydroxyl groups is 1. The van der Waals surface area contributed by atoms with Gasteiger partial charge in [-0.1, -0.05) is 6.07 Å². The van der Waals surface area contributed by atoms with Gasteiger partial charge in [-0.2, -0.15) is 0 Å². The number of pyridine rings is 1. The van der Waals surface area contributed by atoms with Gasteiger partial charge in [-0.3, -0.25) is 14.4 Å². The molecule has 3 N–H and O–H groups in total. The van der Waals surface area contributed by atoms with Crippen LogP contribution in [-0.4, -0.2) is 51.7 Å². The predicted octanol–water partition coefficient (Wildman–Crippen LogP) is 0.555. The highest BCUT2D eigenvalue weighted by molar-refractivity contribution is 5.99. The molecule has 1 aliphatic carbocycles. The molecule has 0 radical (unpaired) electrons. The quantitative estimate of drug-likeness (QED) is 0.671. The van der Waals surface area contributed by atoms with Gasteiger partial charge in [0.1, 0.15) is 17.2 Å². The minimum absolute atomic E-state index is 0.0165. The van der Waals surface area contributed by atoms with E-state index in [0.717, 1.165) is 6.07 Å². The fourth-order valence-electron chi connectivity index (χ4n) is 4.08. The first-order valence-corrected chi connectivity index (χ1v) is 9.27. The van der Waals surface area contributed by atoms with Crippen LogP contribution in [0.1, 0.15) is 32.8 Å². The summed E-state index contributed by atoms with van der Waals surface area (Å²) in [6.07, 6.45) is 1.71. The molecule has 2 amide bonds. The highest BCUT2D eigenvalue weighted by atomic mass is 19.1. The summed E-state index contributed by atoms with van der Waals surface area (Å²) in [5.74, 6) is -4.11. The molecule has 10 heteroatoms. The van der Waals surface area contributed by atoms with Crippen molar-refractivity contribution < 1.29 is 28.6 Å². The van der Waals surface area contributed by atoms with Gasteiger partial charge < -0.3 is 25.0 Å². The third-order valence-corrected chi connectivity index (χ3v) is 5.84. The fraction of sp³-hybridized carbons (Fsp3) is 0.350. The Labute approximate surface area is 169 Å². The summed E-state index contributed by atoms with van der Waals surface area (Å²) < 4.78 is 28.2.